The number of hydrogen-bond donors (Lipinski definition) is 0. The highest BCUT2D eigenvalue weighted by atomic mass is 16.5. The third-order valence-corrected chi connectivity index (χ3v) is 6.24. The van der Waals surface area contributed by atoms with E-state index in [1.807, 2.05) is 37.5 Å². The van der Waals surface area contributed by atoms with Gasteiger partial charge in [0.25, 0.3) is 0 Å². The van der Waals surface area contributed by atoms with Crippen molar-refractivity contribution >= 4 is 5.91 Å². The second-order valence-corrected chi connectivity index (χ2v) is 7.77. The van der Waals surface area contributed by atoms with Crippen molar-refractivity contribution in [2.24, 2.45) is 5.41 Å². The van der Waals surface area contributed by atoms with Gasteiger partial charge < -0.3 is 14.2 Å². The number of hydrogen-bond acceptors (Lipinski definition) is 4. The molecule has 0 N–H and O–H groups in total. The lowest BCUT2D eigenvalue weighted by molar-refractivity contribution is -0.130. The fourth-order valence-corrected chi connectivity index (χ4v) is 4.59. The number of aryl methyl sites for hydroxylation is 1. The summed E-state index contributed by atoms with van der Waals surface area (Å²) < 4.78 is 7.61. The summed E-state index contributed by atoms with van der Waals surface area (Å²) in [6.45, 7) is 7.21. The second-order valence-electron chi connectivity index (χ2n) is 7.77. The predicted molar refractivity (Wildman–Crippen MR) is 103 cm³/mol. The zero-order valence-corrected chi connectivity index (χ0v) is 16.2. The van der Waals surface area contributed by atoms with E-state index >= 15 is 0 Å². The van der Waals surface area contributed by atoms with Crippen molar-refractivity contribution in [3.8, 4) is 5.75 Å². The molecule has 1 aromatic carbocycles. The van der Waals surface area contributed by atoms with E-state index in [1.165, 1.54) is 19.3 Å². The SMILES string of the molecule is CCOc1ccc(CC(=O)N2CC(c3nncn3CC)C3(CCC3)C2)cc1. The first-order valence-corrected chi connectivity index (χ1v) is 10.0. The Labute approximate surface area is 160 Å². The molecular weight excluding hydrogens is 340 g/mol. The number of aromatic nitrogens is 3. The van der Waals surface area contributed by atoms with Crippen LogP contribution in [0.2, 0.25) is 0 Å². The van der Waals surface area contributed by atoms with Crippen LogP contribution in [0.3, 0.4) is 0 Å². The molecule has 4 rings (SSSR count). The van der Waals surface area contributed by atoms with Crippen molar-refractivity contribution in [3.63, 3.8) is 0 Å². The summed E-state index contributed by atoms with van der Waals surface area (Å²) in [4.78, 5) is 15.0. The predicted octanol–water partition coefficient (Wildman–Crippen LogP) is 3.04. The maximum atomic E-state index is 13.0. The van der Waals surface area contributed by atoms with Crippen molar-refractivity contribution in [3.05, 3.63) is 42.0 Å². The molecule has 0 radical (unpaired) electrons. The number of benzene rings is 1. The van der Waals surface area contributed by atoms with Crippen molar-refractivity contribution in [2.75, 3.05) is 19.7 Å². The van der Waals surface area contributed by atoms with Gasteiger partial charge in [-0.05, 0) is 49.8 Å². The minimum atomic E-state index is 0.203. The smallest absolute Gasteiger partial charge is 0.227 e. The number of amides is 1. The summed E-state index contributed by atoms with van der Waals surface area (Å²) in [6.07, 6.45) is 5.86. The Balaban J connectivity index is 1.47. The normalized spacial score (nSPS) is 20.7. The van der Waals surface area contributed by atoms with Gasteiger partial charge in [0.05, 0.1) is 13.0 Å². The first-order valence-electron chi connectivity index (χ1n) is 10.0. The largest absolute Gasteiger partial charge is 0.494 e. The number of nitrogens with zero attached hydrogens (tertiary/aromatic N) is 4. The Hall–Kier alpha value is -2.37. The molecule has 1 aliphatic carbocycles. The van der Waals surface area contributed by atoms with E-state index in [0.29, 0.717) is 18.9 Å². The van der Waals surface area contributed by atoms with Crippen LogP contribution in [0, 0.1) is 5.41 Å². The molecule has 1 unspecified atom stereocenters. The minimum absolute atomic E-state index is 0.203. The van der Waals surface area contributed by atoms with Gasteiger partial charge in [-0.3, -0.25) is 4.79 Å². The van der Waals surface area contributed by atoms with Crippen LogP contribution in [-0.2, 0) is 17.8 Å². The van der Waals surface area contributed by atoms with Gasteiger partial charge in [0, 0.05) is 25.6 Å². The molecule has 2 aliphatic rings. The molecule has 1 aliphatic heterocycles. The molecule has 144 valence electrons. The Morgan fingerprint density at radius 1 is 1.26 bits per heavy atom. The molecule has 1 saturated heterocycles. The van der Waals surface area contributed by atoms with Crippen molar-refractivity contribution < 1.29 is 9.53 Å². The summed E-state index contributed by atoms with van der Waals surface area (Å²) in [7, 11) is 0. The van der Waals surface area contributed by atoms with E-state index in [0.717, 1.165) is 36.8 Å². The monoisotopic (exact) mass is 368 g/mol. The molecule has 0 bridgehead atoms. The van der Waals surface area contributed by atoms with Gasteiger partial charge in [-0.25, -0.2) is 0 Å². The van der Waals surface area contributed by atoms with Crippen LogP contribution < -0.4 is 4.74 Å². The first-order chi connectivity index (χ1) is 13.1. The van der Waals surface area contributed by atoms with Crippen molar-refractivity contribution in [1.82, 2.24) is 19.7 Å². The van der Waals surface area contributed by atoms with Gasteiger partial charge in [0.2, 0.25) is 5.91 Å². The first kappa shape index (κ1) is 18.0. The fourth-order valence-electron chi connectivity index (χ4n) is 4.59. The van der Waals surface area contributed by atoms with Crippen LogP contribution in [0.15, 0.2) is 30.6 Å². The molecule has 1 amide bonds. The van der Waals surface area contributed by atoms with E-state index < -0.39 is 0 Å². The molecule has 6 nitrogen and oxygen atoms in total. The molecule has 2 heterocycles. The molecule has 27 heavy (non-hydrogen) atoms. The zero-order chi connectivity index (χ0) is 18.9. The topological polar surface area (TPSA) is 60.2 Å². The van der Waals surface area contributed by atoms with E-state index in [-0.39, 0.29) is 11.3 Å². The highest BCUT2D eigenvalue weighted by Gasteiger charge is 2.53. The quantitative estimate of drug-likeness (QED) is 0.786. The van der Waals surface area contributed by atoms with Gasteiger partial charge in [0.15, 0.2) is 0 Å². The average molecular weight is 368 g/mol. The van der Waals surface area contributed by atoms with Crippen molar-refractivity contribution in [1.29, 1.82) is 0 Å². The highest BCUT2D eigenvalue weighted by Crippen LogP contribution is 2.55. The summed E-state index contributed by atoms with van der Waals surface area (Å²) in [5.41, 5.74) is 1.24. The number of rotatable bonds is 6. The van der Waals surface area contributed by atoms with Gasteiger partial charge in [-0.15, -0.1) is 10.2 Å². The minimum Gasteiger partial charge on any atom is -0.494 e. The van der Waals surface area contributed by atoms with Gasteiger partial charge in [-0.2, -0.15) is 0 Å². The van der Waals surface area contributed by atoms with E-state index in [4.69, 9.17) is 4.74 Å². The standard InChI is InChI=1S/C21H28N4O2/c1-3-24-15-22-23-20(24)18-13-25(14-21(18)10-5-11-21)19(26)12-16-6-8-17(9-7-16)27-4-2/h6-9,15,18H,3-5,10-14H2,1-2H3. The third kappa shape index (κ3) is 3.33. The number of carbonyl (C=O) groups excluding carboxylic acids is 1. The van der Waals surface area contributed by atoms with Crippen LogP contribution in [-0.4, -0.2) is 45.3 Å². The third-order valence-electron chi connectivity index (χ3n) is 6.24. The van der Waals surface area contributed by atoms with E-state index in [1.54, 1.807) is 0 Å². The second kappa shape index (κ2) is 7.33. The number of likely N-dealkylation sites (tertiary alicyclic amines) is 1. The highest BCUT2D eigenvalue weighted by molar-refractivity contribution is 5.79. The molecule has 2 fully saturated rings. The van der Waals surface area contributed by atoms with Gasteiger partial charge in [0.1, 0.15) is 17.9 Å². The fraction of sp³-hybridized carbons (Fsp3) is 0.571. The van der Waals surface area contributed by atoms with E-state index in [9.17, 15) is 4.79 Å². The zero-order valence-electron chi connectivity index (χ0n) is 16.2. The Kier molecular flexibility index (Phi) is 4.89. The van der Waals surface area contributed by atoms with Crippen LogP contribution in [0.25, 0.3) is 0 Å². The summed E-state index contributed by atoms with van der Waals surface area (Å²) in [6, 6.07) is 7.86. The summed E-state index contributed by atoms with van der Waals surface area (Å²) >= 11 is 0. The maximum absolute atomic E-state index is 13.0. The molecule has 1 aromatic heterocycles. The number of ether oxygens (including phenoxy) is 1. The van der Waals surface area contributed by atoms with Crippen LogP contribution >= 0.6 is 0 Å². The lowest BCUT2D eigenvalue weighted by Crippen LogP contribution is -2.38. The van der Waals surface area contributed by atoms with Crippen LogP contribution in [0.5, 0.6) is 5.75 Å². The molecule has 1 spiro atoms. The molecule has 6 heteroatoms. The van der Waals surface area contributed by atoms with E-state index in [2.05, 4.69) is 26.6 Å². The van der Waals surface area contributed by atoms with Crippen LogP contribution in [0.4, 0.5) is 0 Å². The Morgan fingerprint density at radius 3 is 2.67 bits per heavy atom. The maximum Gasteiger partial charge on any atom is 0.227 e. The summed E-state index contributed by atoms with van der Waals surface area (Å²) in [5.74, 6) is 2.41. The molecule has 1 atom stereocenters. The van der Waals surface area contributed by atoms with Gasteiger partial charge >= 0.3 is 0 Å². The average Bonchev–Trinajstić information content (AvgIpc) is 3.27. The van der Waals surface area contributed by atoms with Crippen molar-refractivity contribution in [2.45, 2.75) is 52.0 Å². The number of carbonyl (C=O) groups is 1. The molecule has 2 aromatic rings. The molecule has 1 saturated carbocycles. The van der Waals surface area contributed by atoms with Crippen LogP contribution in [0.1, 0.15) is 50.4 Å². The lowest BCUT2D eigenvalue weighted by Gasteiger charge is -2.42. The summed E-state index contributed by atoms with van der Waals surface area (Å²) in [5, 5.41) is 8.53. The Bertz CT molecular complexity index is 795. The lowest BCUT2D eigenvalue weighted by atomic mass is 9.62. The Morgan fingerprint density at radius 2 is 2.04 bits per heavy atom. The molecular formula is C21H28N4O2. The van der Waals surface area contributed by atoms with Gasteiger partial charge in [-0.1, -0.05) is 18.6 Å².